The van der Waals surface area contributed by atoms with Crippen molar-refractivity contribution in [2.45, 2.75) is 31.7 Å². The Morgan fingerprint density at radius 3 is 2.29 bits per heavy atom. The summed E-state index contributed by atoms with van der Waals surface area (Å²) in [7, 11) is 0. The van der Waals surface area contributed by atoms with E-state index in [0.29, 0.717) is 0 Å². The third-order valence-electron chi connectivity index (χ3n) is 3.40. The fraction of sp³-hybridized carbons (Fsp3) is 1.00. The molecule has 3 nitrogen and oxygen atoms in total. The molecule has 3 heteroatoms. The standard InChI is InChI=1S/C11H23N3/c12-5-1-2-6-13-7-9-14(10-8-13)11-3-4-11/h11H,1-10,12H2. The molecule has 1 aliphatic heterocycles. The van der Waals surface area contributed by atoms with Crippen LogP contribution in [0.3, 0.4) is 0 Å². The van der Waals surface area contributed by atoms with Crippen LogP contribution < -0.4 is 5.73 Å². The van der Waals surface area contributed by atoms with Crippen molar-refractivity contribution >= 4 is 0 Å². The van der Waals surface area contributed by atoms with Crippen LogP contribution >= 0.6 is 0 Å². The van der Waals surface area contributed by atoms with Crippen molar-refractivity contribution in [1.29, 1.82) is 0 Å². The lowest BCUT2D eigenvalue weighted by Gasteiger charge is -2.34. The molecular weight excluding hydrogens is 174 g/mol. The fourth-order valence-corrected chi connectivity index (χ4v) is 2.27. The van der Waals surface area contributed by atoms with Gasteiger partial charge in [0.25, 0.3) is 0 Å². The van der Waals surface area contributed by atoms with E-state index in [1.54, 1.807) is 0 Å². The van der Waals surface area contributed by atoms with Gasteiger partial charge in [0, 0.05) is 32.2 Å². The summed E-state index contributed by atoms with van der Waals surface area (Å²) < 4.78 is 0. The number of hydrogen-bond donors (Lipinski definition) is 1. The summed E-state index contributed by atoms with van der Waals surface area (Å²) in [6.45, 7) is 7.26. The van der Waals surface area contributed by atoms with Crippen LogP contribution in [0.2, 0.25) is 0 Å². The highest BCUT2D eigenvalue weighted by molar-refractivity contribution is 4.87. The summed E-state index contributed by atoms with van der Waals surface area (Å²) in [5, 5.41) is 0. The van der Waals surface area contributed by atoms with Crippen LogP contribution in [-0.2, 0) is 0 Å². The van der Waals surface area contributed by atoms with E-state index >= 15 is 0 Å². The summed E-state index contributed by atoms with van der Waals surface area (Å²) in [4.78, 5) is 5.26. The zero-order valence-corrected chi connectivity index (χ0v) is 9.12. The van der Waals surface area contributed by atoms with Gasteiger partial charge in [-0.25, -0.2) is 0 Å². The largest absolute Gasteiger partial charge is 0.330 e. The Morgan fingerprint density at radius 2 is 1.71 bits per heavy atom. The molecule has 2 fully saturated rings. The molecule has 0 bridgehead atoms. The minimum atomic E-state index is 0.849. The first-order valence-electron chi connectivity index (χ1n) is 6.06. The van der Waals surface area contributed by atoms with Gasteiger partial charge in [-0.3, -0.25) is 4.90 Å². The molecule has 0 radical (unpaired) electrons. The number of nitrogens with zero attached hydrogens (tertiary/aromatic N) is 2. The van der Waals surface area contributed by atoms with Gasteiger partial charge in [-0.05, 0) is 38.8 Å². The van der Waals surface area contributed by atoms with E-state index in [4.69, 9.17) is 5.73 Å². The Morgan fingerprint density at radius 1 is 1.00 bits per heavy atom. The molecule has 2 rings (SSSR count). The van der Waals surface area contributed by atoms with Gasteiger partial charge in [0.05, 0.1) is 0 Å². The molecular formula is C11H23N3. The third kappa shape index (κ3) is 2.94. The quantitative estimate of drug-likeness (QED) is 0.652. The maximum atomic E-state index is 5.49. The van der Waals surface area contributed by atoms with Gasteiger partial charge in [-0.15, -0.1) is 0 Å². The van der Waals surface area contributed by atoms with Gasteiger partial charge >= 0.3 is 0 Å². The molecule has 0 aromatic rings. The highest BCUT2D eigenvalue weighted by atomic mass is 15.3. The molecule has 0 aromatic heterocycles. The van der Waals surface area contributed by atoms with Gasteiger partial charge in [-0.2, -0.15) is 0 Å². The lowest BCUT2D eigenvalue weighted by Crippen LogP contribution is -2.47. The first-order valence-corrected chi connectivity index (χ1v) is 6.06. The number of piperazine rings is 1. The molecule has 1 heterocycles. The maximum absolute atomic E-state index is 5.49. The van der Waals surface area contributed by atoms with E-state index in [1.807, 2.05) is 0 Å². The van der Waals surface area contributed by atoms with Crippen LogP contribution in [0.4, 0.5) is 0 Å². The summed E-state index contributed by atoms with van der Waals surface area (Å²) in [5.41, 5.74) is 5.49. The Hall–Kier alpha value is -0.120. The summed E-state index contributed by atoms with van der Waals surface area (Å²) in [6.07, 6.45) is 5.36. The van der Waals surface area contributed by atoms with E-state index in [9.17, 15) is 0 Å². The molecule has 0 amide bonds. The molecule has 2 N–H and O–H groups in total. The minimum Gasteiger partial charge on any atom is -0.330 e. The molecule has 0 spiro atoms. The number of hydrogen-bond acceptors (Lipinski definition) is 3. The third-order valence-corrected chi connectivity index (χ3v) is 3.40. The zero-order chi connectivity index (χ0) is 9.80. The van der Waals surface area contributed by atoms with Crippen LogP contribution in [0.1, 0.15) is 25.7 Å². The Balaban J connectivity index is 1.58. The molecule has 1 saturated carbocycles. The van der Waals surface area contributed by atoms with Crippen molar-refractivity contribution in [2.75, 3.05) is 39.3 Å². The van der Waals surface area contributed by atoms with Gasteiger partial charge in [0.1, 0.15) is 0 Å². The lowest BCUT2D eigenvalue weighted by atomic mass is 10.2. The van der Waals surface area contributed by atoms with E-state index < -0.39 is 0 Å². The second-order valence-electron chi connectivity index (χ2n) is 4.60. The summed E-state index contributed by atoms with van der Waals surface area (Å²) in [6, 6.07) is 0.959. The molecule has 1 aliphatic carbocycles. The van der Waals surface area contributed by atoms with Gasteiger partial charge in [0.2, 0.25) is 0 Å². The topological polar surface area (TPSA) is 32.5 Å². The van der Waals surface area contributed by atoms with E-state index in [0.717, 1.165) is 12.6 Å². The normalized spacial score (nSPS) is 25.5. The molecule has 0 aromatic carbocycles. The van der Waals surface area contributed by atoms with Crippen molar-refractivity contribution < 1.29 is 0 Å². The molecule has 2 aliphatic rings. The molecule has 82 valence electrons. The summed E-state index contributed by atoms with van der Waals surface area (Å²) >= 11 is 0. The Kier molecular flexibility index (Phi) is 3.79. The Labute approximate surface area is 87.2 Å². The van der Waals surface area contributed by atoms with Gasteiger partial charge in [0.15, 0.2) is 0 Å². The minimum absolute atomic E-state index is 0.849. The smallest absolute Gasteiger partial charge is 0.0113 e. The molecule has 0 atom stereocenters. The van der Waals surface area contributed by atoms with Crippen molar-refractivity contribution in [1.82, 2.24) is 9.80 Å². The van der Waals surface area contributed by atoms with Crippen LogP contribution in [-0.4, -0.2) is 55.1 Å². The number of rotatable bonds is 5. The average molecular weight is 197 g/mol. The molecule has 0 unspecified atom stereocenters. The maximum Gasteiger partial charge on any atom is 0.0113 e. The van der Waals surface area contributed by atoms with Crippen LogP contribution in [0.5, 0.6) is 0 Å². The van der Waals surface area contributed by atoms with E-state index in [-0.39, 0.29) is 0 Å². The van der Waals surface area contributed by atoms with Crippen molar-refractivity contribution in [3.05, 3.63) is 0 Å². The molecule has 14 heavy (non-hydrogen) atoms. The van der Waals surface area contributed by atoms with Crippen LogP contribution in [0.15, 0.2) is 0 Å². The number of unbranched alkanes of at least 4 members (excludes halogenated alkanes) is 1. The van der Waals surface area contributed by atoms with Crippen LogP contribution in [0.25, 0.3) is 0 Å². The number of nitrogens with two attached hydrogens (primary N) is 1. The second kappa shape index (κ2) is 5.10. The highest BCUT2D eigenvalue weighted by Gasteiger charge is 2.30. The first-order chi connectivity index (χ1) is 6.90. The molecule has 1 saturated heterocycles. The highest BCUT2D eigenvalue weighted by Crippen LogP contribution is 2.27. The second-order valence-corrected chi connectivity index (χ2v) is 4.60. The fourth-order valence-electron chi connectivity index (χ4n) is 2.27. The van der Waals surface area contributed by atoms with Gasteiger partial charge in [-0.1, -0.05) is 0 Å². The predicted molar refractivity (Wildman–Crippen MR) is 59.3 cm³/mol. The van der Waals surface area contributed by atoms with Gasteiger partial charge < -0.3 is 10.6 Å². The lowest BCUT2D eigenvalue weighted by molar-refractivity contribution is 0.125. The van der Waals surface area contributed by atoms with E-state index in [1.165, 1.54) is 58.4 Å². The monoisotopic (exact) mass is 197 g/mol. The average Bonchev–Trinajstić information content (AvgIpc) is 3.03. The first kappa shape index (κ1) is 10.4. The Bertz CT molecular complexity index is 160. The van der Waals surface area contributed by atoms with Crippen molar-refractivity contribution in [2.24, 2.45) is 5.73 Å². The van der Waals surface area contributed by atoms with Crippen LogP contribution in [0, 0.1) is 0 Å². The van der Waals surface area contributed by atoms with E-state index in [2.05, 4.69) is 9.80 Å². The zero-order valence-electron chi connectivity index (χ0n) is 9.12. The predicted octanol–water partition coefficient (Wildman–Crippen LogP) is 0.505. The van der Waals surface area contributed by atoms with Crippen molar-refractivity contribution in [3.63, 3.8) is 0 Å². The summed E-state index contributed by atoms with van der Waals surface area (Å²) in [5.74, 6) is 0. The van der Waals surface area contributed by atoms with Crippen molar-refractivity contribution in [3.8, 4) is 0 Å². The SMILES string of the molecule is NCCCCN1CCN(C2CC2)CC1.